The molecule has 0 aromatic rings. The average molecular weight is 281 g/mol. The van der Waals surface area contributed by atoms with Crippen molar-refractivity contribution in [1.82, 2.24) is 15.5 Å². The maximum atomic E-state index is 11.9. The average Bonchev–Trinajstić information content (AvgIpc) is 2.35. The summed E-state index contributed by atoms with van der Waals surface area (Å²) in [5.74, 6) is 0.263. The molecule has 0 spiro atoms. The lowest BCUT2D eigenvalue weighted by molar-refractivity contribution is -0.127. The van der Waals surface area contributed by atoms with Gasteiger partial charge in [0.05, 0.1) is 0 Å². The van der Waals surface area contributed by atoms with E-state index in [4.69, 9.17) is 0 Å². The topological polar surface area (TPSA) is 61.4 Å². The van der Waals surface area contributed by atoms with Crippen molar-refractivity contribution in [2.45, 2.75) is 52.1 Å². The van der Waals surface area contributed by atoms with E-state index in [1.54, 1.807) is 4.90 Å². The Bertz CT molecular complexity index is 374. The first-order chi connectivity index (χ1) is 9.23. The van der Waals surface area contributed by atoms with Crippen LogP contribution in [0.4, 0.5) is 4.79 Å². The van der Waals surface area contributed by atoms with Crippen LogP contribution in [0.2, 0.25) is 0 Å². The van der Waals surface area contributed by atoms with Crippen molar-refractivity contribution in [3.05, 3.63) is 12.7 Å². The van der Waals surface area contributed by atoms with Gasteiger partial charge in [-0.3, -0.25) is 4.79 Å². The van der Waals surface area contributed by atoms with Crippen molar-refractivity contribution in [1.29, 1.82) is 0 Å². The third-order valence-corrected chi connectivity index (χ3v) is 3.50. The number of hydrogen-bond donors (Lipinski definition) is 2. The van der Waals surface area contributed by atoms with Gasteiger partial charge in [-0.25, -0.2) is 4.79 Å². The highest BCUT2D eigenvalue weighted by Gasteiger charge is 2.27. The summed E-state index contributed by atoms with van der Waals surface area (Å²) in [6, 6.07) is -0.116. The largest absolute Gasteiger partial charge is 0.339 e. The van der Waals surface area contributed by atoms with Crippen molar-refractivity contribution < 1.29 is 9.59 Å². The predicted molar refractivity (Wildman–Crippen MR) is 80.4 cm³/mol. The molecule has 2 N–H and O–H groups in total. The molecule has 0 bridgehead atoms. The lowest BCUT2D eigenvalue weighted by atomic mass is 9.91. The molecular weight excluding hydrogens is 254 g/mol. The number of carbonyl (C=O) groups is 2. The second-order valence-electron chi connectivity index (χ2n) is 6.53. The monoisotopic (exact) mass is 281 g/mol. The summed E-state index contributed by atoms with van der Waals surface area (Å²) in [4.78, 5) is 25.3. The molecule has 20 heavy (non-hydrogen) atoms. The molecule has 1 aliphatic heterocycles. The van der Waals surface area contributed by atoms with Crippen LogP contribution in [0.5, 0.6) is 0 Å². The van der Waals surface area contributed by atoms with Crippen LogP contribution >= 0.6 is 0 Å². The van der Waals surface area contributed by atoms with E-state index in [1.807, 2.05) is 27.7 Å². The molecule has 0 saturated carbocycles. The van der Waals surface area contributed by atoms with Crippen molar-refractivity contribution in [2.24, 2.45) is 5.92 Å². The minimum atomic E-state index is -0.249. The van der Waals surface area contributed by atoms with Gasteiger partial charge in [0, 0.05) is 24.7 Å². The van der Waals surface area contributed by atoms with Crippen LogP contribution in [-0.4, -0.2) is 41.5 Å². The number of piperidine rings is 1. The fourth-order valence-corrected chi connectivity index (χ4v) is 2.45. The molecule has 1 fully saturated rings. The van der Waals surface area contributed by atoms with Gasteiger partial charge in [0.1, 0.15) is 0 Å². The van der Waals surface area contributed by atoms with Gasteiger partial charge in [-0.1, -0.05) is 6.58 Å². The van der Waals surface area contributed by atoms with Crippen LogP contribution in [0.25, 0.3) is 0 Å². The Balaban J connectivity index is 2.50. The molecule has 5 nitrogen and oxygen atoms in total. The van der Waals surface area contributed by atoms with Crippen LogP contribution < -0.4 is 10.6 Å². The Morgan fingerprint density at radius 1 is 1.40 bits per heavy atom. The summed E-state index contributed by atoms with van der Waals surface area (Å²) in [5.41, 5.74) is -0.249. The van der Waals surface area contributed by atoms with Gasteiger partial charge in [-0.15, -0.1) is 0 Å². The Hall–Kier alpha value is -1.52. The molecule has 5 heteroatoms. The first kappa shape index (κ1) is 16.5. The summed E-state index contributed by atoms with van der Waals surface area (Å²) in [5, 5.41) is 5.86. The van der Waals surface area contributed by atoms with Crippen molar-refractivity contribution in [3.8, 4) is 0 Å². The van der Waals surface area contributed by atoms with E-state index in [2.05, 4.69) is 17.2 Å². The molecule has 0 aliphatic carbocycles. The maximum Gasteiger partial charge on any atom is 0.315 e. The van der Waals surface area contributed by atoms with Crippen LogP contribution in [0.3, 0.4) is 0 Å². The van der Waals surface area contributed by atoms with Crippen LogP contribution in [0.15, 0.2) is 12.7 Å². The zero-order valence-electron chi connectivity index (χ0n) is 13.0. The van der Waals surface area contributed by atoms with Crippen LogP contribution in [0.1, 0.15) is 40.5 Å². The number of likely N-dealkylation sites (tertiary alicyclic amines) is 1. The smallest absolute Gasteiger partial charge is 0.315 e. The highest BCUT2D eigenvalue weighted by molar-refractivity contribution is 5.87. The predicted octanol–water partition coefficient (Wildman–Crippen LogP) is 1.90. The molecule has 1 heterocycles. The lowest BCUT2D eigenvalue weighted by Crippen LogP contribution is -2.53. The summed E-state index contributed by atoms with van der Waals surface area (Å²) in [6.45, 7) is 12.8. The first-order valence-electron chi connectivity index (χ1n) is 7.23. The van der Waals surface area contributed by atoms with Gasteiger partial charge >= 0.3 is 6.03 Å². The van der Waals surface area contributed by atoms with E-state index in [-0.39, 0.29) is 23.5 Å². The zero-order valence-corrected chi connectivity index (χ0v) is 13.0. The van der Waals surface area contributed by atoms with Crippen LogP contribution in [-0.2, 0) is 4.79 Å². The molecule has 2 atom stereocenters. The van der Waals surface area contributed by atoms with Gasteiger partial charge in [0.25, 0.3) is 0 Å². The number of urea groups is 1. The summed E-state index contributed by atoms with van der Waals surface area (Å²) in [6.07, 6.45) is 3.35. The fraction of sp³-hybridized carbons (Fsp3) is 0.733. The minimum Gasteiger partial charge on any atom is -0.339 e. The van der Waals surface area contributed by atoms with Crippen LogP contribution in [0, 0.1) is 5.92 Å². The Morgan fingerprint density at radius 3 is 2.60 bits per heavy atom. The first-order valence-corrected chi connectivity index (χ1v) is 7.23. The Labute approximate surface area is 121 Å². The third kappa shape index (κ3) is 5.23. The molecule has 0 aromatic heterocycles. The van der Waals surface area contributed by atoms with Gasteiger partial charge in [0.2, 0.25) is 5.91 Å². The van der Waals surface area contributed by atoms with Crippen molar-refractivity contribution >= 4 is 11.9 Å². The quantitative estimate of drug-likeness (QED) is 0.776. The molecule has 3 amide bonds. The normalized spacial score (nSPS) is 21.0. The standard InChI is InChI=1S/C15H27N3O2/c1-6-13(19)18-9-7-8-12(10-18)11(2)16-14(20)17-15(3,4)5/h6,11-12H,1,7-10H2,2-5H3,(H2,16,17,20)/t11-,12-/m1/s1. The number of carbonyl (C=O) groups excluding carboxylic acids is 2. The van der Waals surface area contributed by atoms with E-state index in [9.17, 15) is 9.59 Å². The van der Waals surface area contributed by atoms with Gasteiger partial charge < -0.3 is 15.5 Å². The van der Waals surface area contributed by atoms with E-state index < -0.39 is 0 Å². The Morgan fingerprint density at radius 2 is 2.05 bits per heavy atom. The highest BCUT2D eigenvalue weighted by Crippen LogP contribution is 2.20. The van der Waals surface area contributed by atoms with E-state index >= 15 is 0 Å². The summed E-state index contributed by atoms with van der Waals surface area (Å²) >= 11 is 0. The molecular formula is C15H27N3O2. The fourth-order valence-electron chi connectivity index (χ4n) is 2.45. The molecule has 1 aliphatic rings. The summed E-state index contributed by atoms with van der Waals surface area (Å²) in [7, 11) is 0. The molecule has 1 rings (SSSR count). The SMILES string of the molecule is C=CC(=O)N1CCC[C@@H]([C@@H](C)NC(=O)NC(C)(C)C)C1. The number of amides is 3. The molecule has 0 radical (unpaired) electrons. The minimum absolute atomic E-state index is 0.0268. The van der Waals surface area contributed by atoms with Crippen molar-refractivity contribution in [2.75, 3.05) is 13.1 Å². The third-order valence-electron chi connectivity index (χ3n) is 3.50. The van der Waals surface area contributed by atoms with E-state index in [0.717, 1.165) is 19.4 Å². The maximum absolute atomic E-state index is 11.9. The molecule has 0 unspecified atom stereocenters. The van der Waals surface area contributed by atoms with Gasteiger partial charge in [-0.2, -0.15) is 0 Å². The second-order valence-corrected chi connectivity index (χ2v) is 6.53. The Kier molecular flexibility index (Phi) is 5.60. The molecule has 1 saturated heterocycles. The number of nitrogens with one attached hydrogen (secondary N) is 2. The zero-order chi connectivity index (χ0) is 15.3. The number of rotatable bonds is 3. The van der Waals surface area contributed by atoms with Gasteiger partial charge in [0.15, 0.2) is 0 Å². The summed E-state index contributed by atoms with van der Waals surface area (Å²) < 4.78 is 0. The van der Waals surface area contributed by atoms with Crippen molar-refractivity contribution in [3.63, 3.8) is 0 Å². The highest BCUT2D eigenvalue weighted by atomic mass is 16.2. The van der Waals surface area contributed by atoms with E-state index in [0.29, 0.717) is 12.5 Å². The molecule has 0 aromatic carbocycles. The molecule has 114 valence electrons. The number of nitrogens with zero attached hydrogens (tertiary/aromatic N) is 1. The number of hydrogen-bond acceptors (Lipinski definition) is 2. The second kappa shape index (κ2) is 6.77. The lowest BCUT2D eigenvalue weighted by Gasteiger charge is -2.36. The van der Waals surface area contributed by atoms with Gasteiger partial charge in [-0.05, 0) is 52.5 Å². The van der Waals surface area contributed by atoms with E-state index in [1.165, 1.54) is 6.08 Å².